The van der Waals surface area contributed by atoms with Crippen molar-refractivity contribution >= 4 is 22.6 Å². The highest BCUT2D eigenvalue weighted by molar-refractivity contribution is 5.97. The fraction of sp³-hybridized carbons (Fsp3) is 0.250. The Hall–Kier alpha value is -4.92. The van der Waals surface area contributed by atoms with E-state index in [-0.39, 0.29) is 35.9 Å². The van der Waals surface area contributed by atoms with Gasteiger partial charge in [0.1, 0.15) is 16.8 Å². The number of hydrogen-bond acceptors (Lipinski definition) is 6. The zero-order chi connectivity index (χ0) is 27.9. The first-order chi connectivity index (χ1) is 20.0. The molecule has 2 aliphatic heterocycles. The summed E-state index contributed by atoms with van der Waals surface area (Å²) < 4.78 is 14.1. The van der Waals surface area contributed by atoms with Gasteiger partial charge in [-0.15, -0.1) is 0 Å². The number of pyridine rings is 2. The highest BCUT2D eigenvalue weighted by atomic mass is 16.7. The summed E-state index contributed by atoms with van der Waals surface area (Å²) in [6, 6.07) is 22.9. The molecule has 0 bridgehead atoms. The third kappa shape index (κ3) is 4.63. The molecule has 7 rings (SSSR count). The summed E-state index contributed by atoms with van der Waals surface area (Å²) in [6.07, 6.45) is 4.45. The number of benzene rings is 2. The van der Waals surface area contributed by atoms with Crippen LogP contribution in [0.4, 0.5) is 0 Å². The summed E-state index contributed by atoms with van der Waals surface area (Å²) in [5, 5.41) is 9.46. The topological polar surface area (TPSA) is 102 Å². The average Bonchev–Trinajstić information content (AvgIpc) is 3.48. The van der Waals surface area contributed by atoms with Crippen molar-refractivity contribution in [2.75, 3.05) is 19.9 Å². The van der Waals surface area contributed by atoms with E-state index in [4.69, 9.17) is 19.9 Å². The van der Waals surface area contributed by atoms with Crippen LogP contribution in [0.25, 0.3) is 16.7 Å². The minimum absolute atomic E-state index is 0.0266. The zero-order valence-electron chi connectivity index (χ0n) is 22.5. The van der Waals surface area contributed by atoms with Crippen LogP contribution in [-0.4, -0.2) is 44.6 Å². The summed E-state index contributed by atoms with van der Waals surface area (Å²) in [4.78, 5) is 34.1. The van der Waals surface area contributed by atoms with Gasteiger partial charge in [0.25, 0.3) is 11.5 Å². The third-order valence-corrected chi connectivity index (χ3v) is 8.10. The van der Waals surface area contributed by atoms with Gasteiger partial charge in [-0.25, -0.2) is 4.98 Å². The highest BCUT2D eigenvalue weighted by Gasteiger charge is 2.27. The summed E-state index contributed by atoms with van der Waals surface area (Å²) in [6.45, 7) is 1.63. The molecule has 9 nitrogen and oxygen atoms in total. The van der Waals surface area contributed by atoms with Gasteiger partial charge in [-0.3, -0.25) is 19.4 Å². The zero-order valence-corrected chi connectivity index (χ0v) is 22.5. The first-order valence-corrected chi connectivity index (χ1v) is 13.9. The number of carbonyl (C=O) groups excluding carboxylic acids is 1. The molecular weight excluding hydrogens is 518 g/mol. The van der Waals surface area contributed by atoms with Crippen molar-refractivity contribution in [3.63, 3.8) is 0 Å². The number of ether oxygens (including phenoxy) is 2. The van der Waals surface area contributed by atoms with Gasteiger partial charge < -0.3 is 18.9 Å². The predicted molar refractivity (Wildman–Crippen MR) is 153 cm³/mol. The molecule has 0 spiro atoms. The van der Waals surface area contributed by atoms with E-state index in [1.54, 1.807) is 29.0 Å². The maximum Gasteiger partial charge on any atom is 0.267 e. The van der Waals surface area contributed by atoms with Crippen LogP contribution in [0.3, 0.4) is 0 Å². The maximum absolute atomic E-state index is 13.9. The Balaban J connectivity index is 1.26. The Morgan fingerprint density at radius 2 is 1.71 bits per heavy atom. The second kappa shape index (κ2) is 10.2. The molecule has 1 fully saturated rings. The molecule has 1 N–H and O–H groups in total. The highest BCUT2D eigenvalue weighted by Crippen LogP contribution is 2.33. The van der Waals surface area contributed by atoms with Gasteiger partial charge in [-0.05, 0) is 66.6 Å². The number of piperidine rings is 1. The van der Waals surface area contributed by atoms with E-state index in [1.807, 2.05) is 35.2 Å². The molecule has 0 unspecified atom stereocenters. The van der Waals surface area contributed by atoms with Crippen LogP contribution in [0.5, 0.6) is 11.5 Å². The summed E-state index contributed by atoms with van der Waals surface area (Å²) in [5.41, 5.74) is 2.94. The fourth-order valence-corrected chi connectivity index (χ4v) is 5.88. The van der Waals surface area contributed by atoms with Crippen LogP contribution in [0.15, 0.2) is 83.8 Å². The minimum atomic E-state index is -0.277. The second-order valence-electron chi connectivity index (χ2n) is 10.7. The van der Waals surface area contributed by atoms with Crippen LogP contribution in [0, 0.1) is 11.3 Å². The molecule has 41 heavy (non-hydrogen) atoms. The second-order valence-corrected chi connectivity index (χ2v) is 10.7. The van der Waals surface area contributed by atoms with Gasteiger partial charge in [0, 0.05) is 19.3 Å². The molecule has 5 heterocycles. The van der Waals surface area contributed by atoms with E-state index in [1.165, 1.54) is 9.96 Å². The van der Waals surface area contributed by atoms with Crippen molar-refractivity contribution in [3.8, 4) is 11.5 Å². The lowest BCUT2D eigenvalue weighted by molar-refractivity contribution is 0.0687. The Labute approximate surface area is 235 Å². The van der Waals surface area contributed by atoms with Crippen LogP contribution in [0.1, 0.15) is 34.3 Å². The molecular formula is C32H29N5O4. The lowest BCUT2D eigenvalue weighted by Gasteiger charge is -2.32. The van der Waals surface area contributed by atoms with Crippen molar-refractivity contribution in [2.24, 2.45) is 5.92 Å². The number of likely N-dealkylation sites (tertiary alicyclic amines) is 1. The van der Waals surface area contributed by atoms with E-state index in [2.05, 4.69) is 24.3 Å². The Bertz CT molecular complexity index is 1910. The first kappa shape index (κ1) is 25.1. The lowest BCUT2D eigenvalue weighted by Crippen LogP contribution is -2.42. The van der Waals surface area contributed by atoms with E-state index >= 15 is 0 Å². The number of nitrogens with zero attached hydrogens (tertiary/aromatic N) is 4. The summed E-state index contributed by atoms with van der Waals surface area (Å²) in [7, 11) is 0. The Morgan fingerprint density at radius 1 is 0.927 bits per heavy atom. The van der Waals surface area contributed by atoms with Gasteiger partial charge in [-0.1, -0.05) is 42.5 Å². The predicted octanol–water partition coefficient (Wildman–Crippen LogP) is 4.00. The van der Waals surface area contributed by atoms with Crippen molar-refractivity contribution in [2.45, 2.75) is 25.8 Å². The molecule has 1 saturated heterocycles. The Kier molecular flexibility index (Phi) is 6.26. The number of nitrogens with one attached hydrogen (secondary N) is 1. The number of fused-ring (bicyclic) bond motifs is 3. The quantitative estimate of drug-likeness (QED) is 0.335. The van der Waals surface area contributed by atoms with Gasteiger partial charge >= 0.3 is 0 Å². The number of rotatable bonds is 5. The molecule has 5 aromatic rings. The number of amides is 1. The van der Waals surface area contributed by atoms with Crippen LogP contribution in [0.2, 0.25) is 0 Å². The molecule has 9 heteroatoms. The minimum Gasteiger partial charge on any atom is -0.454 e. The van der Waals surface area contributed by atoms with Gasteiger partial charge in [-0.2, -0.15) is 0 Å². The lowest BCUT2D eigenvalue weighted by atomic mass is 9.90. The van der Waals surface area contributed by atoms with E-state index in [0.29, 0.717) is 47.2 Å². The van der Waals surface area contributed by atoms with Crippen molar-refractivity contribution in [1.29, 1.82) is 5.41 Å². The van der Waals surface area contributed by atoms with Crippen LogP contribution < -0.4 is 20.5 Å². The molecule has 1 amide bonds. The van der Waals surface area contributed by atoms with Crippen molar-refractivity contribution < 1.29 is 14.3 Å². The molecule has 2 aromatic carbocycles. The molecule has 2 aliphatic rings. The van der Waals surface area contributed by atoms with Crippen LogP contribution in [-0.2, 0) is 13.0 Å². The smallest absolute Gasteiger partial charge is 0.267 e. The van der Waals surface area contributed by atoms with Crippen LogP contribution >= 0.6 is 0 Å². The third-order valence-electron chi connectivity index (χ3n) is 8.10. The monoisotopic (exact) mass is 547 g/mol. The standard InChI is InChI=1S/C32H29N5O4/c33-29-24(31(38)35-14-11-22(12-15-35)16-21-6-2-1-3-7-21)18-25-30(34-28-8-4-5-13-36(28)32(25)39)37(29)19-23-9-10-26-27(17-23)41-20-40-26/h1-10,13,17-18,22,33H,11-12,14-16,19-20H2. The average molecular weight is 548 g/mol. The van der Waals surface area contributed by atoms with Crippen molar-refractivity contribution in [1.82, 2.24) is 18.9 Å². The molecule has 0 saturated carbocycles. The molecule has 0 radical (unpaired) electrons. The summed E-state index contributed by atoms with van der Waals surface area (Å²) in [5.74, 6) is 1.57. The van der Waals surface area contributed by atoms with Gasteiger partial charge in [0.2, 0.25) is 6.79 Å². The maximum atomic E-state index is 13.9. The Morgan fingerprint density at radius 3 is 2.54 bits per heavy atom. The first-order valence-electron chi connectivity index (χ1n) is 13.9. The SMILES string of the molecule is N=c1c(C(=O)N2CCC(Cc3ccccc3)CC2)cc2c(=O)n3ccccc3nc2n1Cc1ccc2c(c1)OCO2. The van der Waals surface area contributed by atoms with E-state index in [9.17, 15) is 9.59 Å². The van der Waals surface area contributed by atoms with Crippen molar-refractivity contribution in [3.05, 3.63) is 112 Å². The van der Waals surface area contributed by atoms with Gasteiger partial charge in [0.05, 0.1) is 17.5 Å². The van der Waals surface area contributed by atoms with E-state index in [0.717, 1.165) is 24.8 Å². The summed E-state index contributed by atoms with van der Waals surface area (Å²) >= 11 is 0. The normalized spacial score (nSPS) is 15.1. The molecule has 206 valence electrons. The molecule has 3 aromatic heterocycles. The van der Waals surface area contributed by atoms with E-state index < -0.39 is 0 Å². The fourth-order valence-electron chi connectivity index (χ4n) is 5.88. The molecule has 0 aliphatic carbocycles. The number of hydrogen-bond donors (Lipinski definition) is 1. The number of carbonyl (C=O) groups is 1. The molecule has 0 atom stereocenters. The largest absolute Gasteiger partial charge is 0.454 e. The van der Waals surface area contributed by atoms with Gasteiger partial charge in [0.15, 0.2) is 11.5 Å². The number of aromatic nitrogens is 3.